The molecule has 2 heterocycles. The summed E-state index contributed by atoms with van der Waals surface area (Å²) in [6, 6.07) is 10.2. The number of piperidine rings is 1. The molecular formula is C25H26F3N3O4. The molecule has 0 saturated carbocycles. The highest BCUT2D eigenvalue weighted by molar-refractivity contribution is 5.84. The Kier molecular flexibility index (Phi) is 6.75. The minimum absolute atomic E-state index is 0.0326. The van der Waals surface area contributed by atoms with Crippen LogP contribution in [0, 0.1) is 11.6 Å². The lowest BCUT2D eigenvalue weighted by Crippen LogP contribution is -2.59. The number of carboxylic acid groups (broad SMARTS) is 1. The van der Waals surface area contributed by atoms with Crippen LogP contribution in [0.3, 0.4) is 0 Å². The molecule has 0 aromatic heterocycles. The number of carbonyl (C=O) groups excluding carboxylic acids is 1. The number of rotatable bonds is 4. The molecule has 0 bridgehead atoms. The fourth-order valence-electron chi connectivity index (χ4n) is 4.89. The fraction of sp³-hybridized carbons (Fsp3) is 0.360. The molecule has 3 atom stereocenters. The number of aliphatic hydroxyl groups is 1. The Morgan fingerprint density at radius 3 is 2.51 bits per heavy atom. The van der Waals surface area contributed by atoms with Crippen LogP contribution in [0.4, 0.5) is 22.8 Å². The zero-order chi connectivity index (χ0) is 25.3. The van der Waals surface area contributed by atoms with Gasteiger partial charge >= 0.3 is 12.1 Å². The zero-order valence-corrected chi connectivity index (χ0v) is 19.1. The smallest absolute Gasteiger partial charge is 0.407 e. The Hall–Kier alpha value is -3.53. The maximum absolute atomic E-state index is 14.9. The number of likely N-dealkylation sites (tertiary alicyclic amines) is 1. The summed E-state index contributed by atoms with van der Waals surface area (Å²) in [6.07, 6.45) is -1.19. The first-order chi connectivity index (χ1) is 16.7. The van der Waals surface area contributed by atoms with Crippen molar-refractivity contribution in [1.29, 1.82) is 0 Å². The van der Waals surface area contributed by atoms with E-state index < -0.39 is 48.1 Å². The van der Waals surface area contributed by atoms with Gasteiger partial charge in [0.2, 0.25) is 0 Å². The molecule has 3 amide bonds. The normalized spacial score (nSPS) is 24.3. The number of benzene rings is 2. The molecular weight excluding hydrogens is 463 g/mol. The van der Waals surface area contributed by atoms with E-state index in [2.05, 4.69) is 0 Å². The van der Waals surface area contributed by atoms with Crippen molar-refractivity contribution in [1.82, 2.24) is 14.7 Å². The van der Waals surface area contributed by atoms with Crippen LogP contribution in [0.5, 0.6) is 0 Å². The summed E-state index contributed by atoms with van der Waals surface area (Å²) in [5.41, 5.74) is -0.573. The van der Waals surface area contributed by atoms with Gasteiger partial charge in [0.25, 0.3) is 0 Å². The van der Waals surface area contributed by atoms with Crippen LogP contribution in [0.15, 0.2) is 54.6 Å². The molecule has 35 heavy (non-hydrogen) atoms. The molecule has 0 unspecified atom stereocenters. The number of nitrogens with zero attached hydrogens (tertiary/aromatic N) is 3. The van der Waals surface area contributed by atoms with Gasteiger partial charge < -0.3 is 24.9 Å². The highest BCUT2D eigenvalue weighted by Gasteiger charge is 2.47. The monoisotopic (exact) mass is 489 g/mol. The van der Waals surface area contributed by atoms with E-state index in [1.165, 1.54) is 16.8 Å². The number of carbonyl (C=O) groups is 2. The van der Waals surface area contributed by atoms with Gasteiger partial charge in [0.15, 0.2) is 0 Å². The number of aliphatic hydroxyl groups excluding tert-OH is 1. The molecule has 1 fully saturated rings. The van der Waals surface area contributed by atoms with E-state index >= 15 is 0 Å². The van der Waals surface area contributed by atoms with Gasteiger partial charge in [-0.2, -0.15) is 0 Å². The van der Waals surface area contributed by atoms with Crippen LogP contribution in [0.25, 0.3) is 5.57 Å². The van der Waals surface area contributed by atoms with Crippen molar-refractivity contribution < 1.29 is 33.0 Å². The standard InChI is InChI=1S/C25H26F3N3O4/c1-29(22-9-10-30(24(34)35)14-21(22)28)23(33)31-13-16(19-11-18(26)7-8-20(19)27)12-25(31,15-32)17-5-3-2-4-6-17/h2-8,11-12,21-22,32H,9-10,13-15H2,1H3,(H,34,35)/t21-,22+,25-/m1/s1. The molecule has 0 radical (unpaired) electrons. The highest BCUT2D eigenvalue weighted by Crippen LogP contribution is 2.41. The van der Waals surface area contributed by atoms with E-state index in [-0.39, 0.29) is 31.6 Å². The van der Waals surface area contributed by atoms with Crippen molar-refractivity contribution in [2.45, 2.75) is 24.2 Å². The first kappa shape index (κ1) is 24.6. The Bertz CT molecular complexity index is 1150. The van der Waals surface area contributed by atoms with Crippen LogP contribution in [0.1, 0.15) is 17.5 Å². The lowest BCUT2D eigenvalue weighted by atomic mass is 9.89. The van der Waals surface area contributed by atoms with Gasteiger partial charge in [-0.3, -0.25) is 0 Å². The average Bonchev–Trinajstić information content (AvgIpc) is 3.26. The lowest BCUT2D eigenvalue weighted by Gasteiger charge is -2.43. The summed E-state index contributed by atoms with van der Waals surface area (Å²) < 4.78 is 43.5. The SMILES string of the molecule is CN(C(=O)N1CC(c2cc(F)ccc2F)=C[C@@]1(CO)c1ccccc1)[C@H]1CCN(C(=O)O)C[C@H]1F. The van der Waals surface area contributed by atoms with E-state index in [4.69, 9.17) is 5.11 Å². The molecule has 4 rings (SSSR count). The summed E-state index contributed by atoms with van der Waals surface area (Å²) in [5.74, 6) is -1.32. The van der Waals surface area contributed by atoms with E-state index in [0.29, 0.717) is 11.1 Å². The third-order valence-electron chi connectivity index (χ3n) is 6.82. The van der Waals surface area contributed by atoms with Gasteiger partial charge in [0, 0.05) is 25.7 Å². The van der Waals surface area contributed by atoms with Crippen LogP contribution < -0.4 is 0 Å². The topological polar surface area (TPSA) is 84.3 Å². The van der Waals surface area contributed by atoms with E-state index in [0.717, 1.165) is 23.1 Å². The summed E-state index contributed by atoms with van der Waals surface area (Å²) in [4.78, 5) is 28.4. The minimum atomic E-state index is -1.61. The number of halogens is 3. The van der Waals surface area contributed by atoms with Gasteiger partial charge in [-0.25, -0.2) is 22.8 Å². The van der Waals surface area contributed by atoms with Crippen molar-refractivity contribution in [2.24, 2.45) is 0 Å². The number of amides is 3. The molecule has 2 aromatic carbocycles. The molecule has 2 N–H and O–H groups in total. The van der Waals surface area contributed by atoms with Crippen LogP contribution in [-0.4, -0.2) is 82.5 Å². The molecule has 10 heteroatoms. The Balaban J connectivity index is 1.70. The van der Waals surface area contributed by atoms with Gasteiger partial charge in [0.05, 0.1) is 19.2 Å². The number of hydrogen-bond donors (Lipinski definition) is 2. The average molecular weight is 489 g/mol. The van der Waals surface area contributed by atoms with Crippen molar-refractivity contribution >= 4 is 17.7 Å². The van der Waals surface area contributed by atoms with Gasteiger partial charge in [0.1, 0.15) is 23.3 Å². The number of hydrogen-bond acceptors (Lipinski definition) is 3. The number of alkyl halides is 1. The second-order valence-corrected chi connectivity index (χ2v) is 8.82. The van der Waals surface area contributed by atoms with Crippen molar-refractivity contribution in [3.8, 4) is 0 Å². The Labute approximate surface area is 200 Å². The van der Waals surface area contributed by atoms with Gasteiger partial charge in [-0.1, -0.05) is 30.3 Å². The molecule has 2 aliphatic rings. The quantitative estimate of drug-likeness (QED) is 0.686. The van der Waals surface area contributed by atoms with Crippen molar-refractivity contribution in [2.75, 3.05) is 33.3 Å². The maximum Gasteiger partial charge on any atom is 0.407 e. The minimum Gasteiger partial charge on any atom is -0.465 e. The second kappa shape index (κ2) is 9.61. The summed E-state index contributed by atoms with van der Waals surface area (Å²) >= 11 is 0. The fourth-order valence-corrected chi connectivity index (χ4v) is 4.89. The van der Waals surface area contributed by atoms with Crippen molar-refractivity contribution in [3.05, 3.63) is 77.4 Å². The maximum atomic E-state index is 14.9. The van der Waals surface area contributed by atoms with E-state index in [9.17, 15) is 27.9 Å². The first-order valence-corrected chi connectivity index (χ1v) is 11.2. The molecule has 0 spiro atoms. The molecule has 2 aromatic rings. The van der Waals surface area contributed by atoms with Crippen molar-refractivity contribution in [3.63, 3.8) is 0 Å². The second-order valence-electron chi connectivity index (χ2n) is 8.82. The largest absolute Gasteiger partial charge is 0.465 e. The van der Waals surface area contributed by atoms with E-state index in [1.807, 2.05) is 0 Å². The number of urea groups is 1. The molecule has 0 aliphatic carbocycles. The Morgan fingerprint density at radius 2 is 1.89 bits per heavy atom. The van der Waals surface area contributed by atoms with Crippen LogP contribution >= 0.6 is 0 Å². The van der Waals surface area contributed by atoms with Gasteiger partial charge in [-0.05, 0) is 41.8 Å². The van der Waals surface area contributed by atoms with Crippen LogP contribution in [-0.2, 0) is 5.54 Å². The highest BCUT2D eigenvalue weighted by atomic mass is 19.1. The molecule has 186 valence electrons. The molecule has 1 saturated heterocycles. The van der Waals surface area contributed by atoms with Crippen LogP contribution in [0.2, 0.25) is 0 Å². The Morgan fingerprint density at radius 1 is 1.17 bits per heavy atom. The third kappa shape index (κ3) is 4.45. The van der Waals surface area contributed by atoms with Gasteiger partial charge in [-0.15, -0.1) is 0 Å². The molecule has 7 nitrogen and oxygen atoms in total. The predicted molar refractivity (Wildman–Crippen MR) is 122 cm³/mol. The van der Waals surface area contributed by atoms with E-state index in [1.54, 1.807) is 36.4 Å². The molecule has 2 aliphatic heterocycles. The third-order valence-corrected chi connectivity index (χ3v) is 6.82. The lowest BCUT2D eigenvalue weighted by molar-refractivity contribution is 0.0367. The summed E-state index contributed by atoms with van der Waals surface area (Å²) in [5, 5.41) is 19.7. The zero-order valence-electron chi connectivity index (χ0n) is 19.1. The predicted octanol–water partition coefficient (Wildman–Crippen LogP) is 3.69. The first-order valence-electron chi connectivity index (χ1n) is 11.2. The summed E-state index contributed by atoms with van der Waals surface area (Å²) in [7, 11) is 1.42. The summed E-state index contributed by atoms with van der Waals surface area (Å²) in [6.45, 7) is -0.989.